The zero-order valence-electron chi connectivity index (χ0n) is 15.3. The molecule has 6 heteroatoms. The monoisotopic (exact) mass is 382 g/mol. The highest BCUT2D eigenvalue weighted by atomic mass is 19.1. The van der Waals surface area contributed by atoms with Gasteiger partial charge in [0.05, 0.1) is 0 Å². The molecule has 3 aromatic rings. The quantitative estimate of drug-likeness (QED) is 0.623. The maximum Gasteiger partial charge on any atom is 0.226 e. The van der Waals surface area contributed by atoms with Gasteiger partial charge in [0.2, 0.25) is 11.8 Å². The van der Waals surface area contributed by atoms with Gasteiger partial charge in [-0.3, -0.25) is 4.79 Å². The number of oxazole rings is 1. The number of hydrogen-bond donors (Lipinski definition) is 0. The zero-order valence-corrected chi connectivity index (χ0v) is 15.3. The summed E-state index contributed by atoms with van der Waals surface area (Å²) < 4.78 is 33.2. The third-order valence-electron chi connectivity index (χ3n) is 5.92. The summed E-state index contributed by atoms with van der Waals surface area (Å²) in [6.07, 6.45) is 4.85. The minimum absolute atomic E-state index is 0.133. The van der Waals surface area contributed by atoms with E-state index in [1.54, 1.807) is 18.2 Å². The van der Waals surface area contributed by atoms with Crippen molar-refractivity contribution in [1.29, 1.82) is 0 Å². The number of nitrogens with zero attached hydrogens (tertiary/aromatic N) is 2. The first kappa shape index (κ1) is 17.3. The molecule has 1 amide bonds. The molecule has 2 heterocycles. The van der Waals surface area contributed by atoms with Gasteiger partial charge in [0, 0.05) is 24.1 Å². The van der Waals surface area contributed by atoms with Crippen LogP contribution in [-0.2, 0) is 4.79 Å². The molecular formula is C22H20F2N2O2. The number of carbonyl (C=O) groups is 1. The van der Waals surface area contributed by atoms with Gasteiger partial charge in [-0.15, -0.1) is 0 Å². The number of carbonyl (C=O) groups excluding carboxylic acids is 1. The topological polar surface area (TPSA) is 46.3 Å². The van der Waals surface area contributed by atoms with E-state index in [2.05, 4.69) is 4.98 Å². The maximum atomic E-state index is 14.1. The van der Waals surface area contributed by atoms with Gasteiger partial charge in [-0.2, -0.15) is 0 Å². The molecule has 0 spiro atoms. The van der Waals surface area contributed by atoms with Crippen molar-refractivity contribution in [3.63, 3.8) is 0 Å². The smallest absolute Gasteiger partial charge is 0.226 e. The van der Waals surface area contributed by atoms with Crippen LogP contribution in [0.4, 0.5) is 8.78 Å². The summed E-state index contributed by atoms with van der Waals surface area (Å²) >= 11 is 0. The van der Waals surface area contributed by atoms with Crippen LogP contribution in [0.5, 0.6) is 0 Å². The zero-order chi connectivity index (χ0) is 19.3. The third kappa shape index (κ3) is 2.87. The molecule has 0 radical (unpaired) electrons. The van der Waals surface area contributed by atoms with Crippen LogP contribution in [0, 0.1) is 17.6 Å². The minimum Gasteiger partial charge on any atom is -0.438 e. The molecule has 2 aliphatic rings. The Kier molecular flexibility index (Phi) is 4.14. The number of fused-ring (bicyclic) bond motifs is 1. The van der Waals surface area contributed by atoms with E-state index in [0.717, 1.165) is 44.7 Å². The van der Waals surface area contributed by atoms with Gasteiger partial charge in [0.15, 0.2) is 5.58 Å². The van der Waals surface area contributed by atoms with E-state index in [9.17, 15) is 13.6 Å². The van der Waals surface area contributed by atoms with Crippen LogP contribution in [0.15, 0.2) is 40.8 Å². The molecule has 28 heavy (non-hydrogen) atoms. The van der Waals surface area contributed by atoms with E-state index in [4.69, 9.17) is 4.42 Å². The van der Waals surface area contributed by atoms with Crippen LogP contribution in [0.1, 0.15) is 44.0 Å². The van der Waals surface area contributed by atoms with Crippen molar-refractivity contribution in [3.8, 4) is 11.1 Å². The molecule has 1 saturated heterocycles. The van der Waals surface area contributed by atoms with Gasteiger partial charge >= 0.3 is 0 Å². The third-order valence-corrected chi connectivity index (χ3v) is 5.92. The maximum absolute atomic E-state index is 14.1. The van der Waals surface area contributed by atoms with Crippen molar-refractivity contribution >= 4 is 17.0 Å². The summed E-state index contributed by atoms with van der Waals surface area (Å²) in [5.74, 6) is -0.320. The average molecular weight is 382 g/mol. The van der Waals surface area contributed by atoms with Gasteiger partial charge in [-0.1, -0.05) is 12.5 Å². The van der Waals surface area contributed by atoms with Gasteiger partial charge < -0.3 is 9.32 Å². The second kappa shape index (κ2) is 6.69. The fourth-order valence-electron chi connectivity index (χ4n) is 4.16. The van der Waals surface area contributed by atoms with Crippen LogP contribution in [0.2, 0.25) is 0 Å². The molecule has 1 aliphatic heterocycles. The highest BCUT2D eigenvalue weighted by Crippen LogP contribution is 2.38. The molecule has 4 nitrogen and oxygen atoms in total. The van der Waals surface area contributed by atoms with E-state index in [-0.39, 0.29) is 17.9 Å². The average Bonchev–Trinajstić information content (AvgIpc) is 3.26. The number of likely N-dealkylation sites (tertiary alicyclic amines) is 1. The van der Waals surface area contributed by atoms with Crippen LogP contribution in [-0.4, -0.2) is 22.3 Å². The summed E-state index contributed by atoms with van der Waals surface area (Å²) in [4.78, 5) is 19.2. The molecule has 1 aliphatic carbocycles. The van der Waals surface area contributed by atoms with E-state index in [1.165, 1.54) is 12.1 Å². The number of aromatic nitrogens is 1. The van der Waals surface area contributed by atoms with Gasteiger partial charge in [-0.25, -0.2) is 13.8 Å². The Balaban J connectivity index is 1.47. The lowest BCUT2D eigenvalue weighted by Gasteiger charge is -2.31. The lowest BCUT2D eigenvalue weighted by Crippen LogP contribution is -2.38. The first-order valence-electron chi connectivity index (χ1n) is 9.76. The molecule has 1 atom stereocenters. The van der Waals surface area contributed by atoms with E-state index in [0.29, 0.717) is 28.1 Å². The highest BCUT2D eigenvalue weighted by Gasteiger charge is 2.38. The van der Waals surface area contributed by atoms with E-state index >= 15 is 0 Å². The fourth-order valence-corrected chi connectivity index (χ4v) is 4.16. The Morgan fingerprint density at radius 2 is 1.93 bits per heavy atom. The largest absolute Gasteiger partial charge is 0.438 e. The number of rotatable bonds is 3. The number of hydrogen-bond acceptors (Lipinski definition) is 3. The lowest BCUT2D eigenvalue weighted by molar-refractivity contribution is -0.139. The Hall–Kier alpha value is -2.76. The number of amides is 1. The number of halogens is 2. The predicted molar refractivity (Wildman–Crippen MR) is 100 cm³/mol. The van der Waals surface area contributed by atoms with Crippen LogP contribution in [0.25, 0.3) is 22.2 Å². The lowest BCUT2D eigenvalue weighted by atomic mass is 9.84. The Bertz CT molecular complexity index is 1060. The molecule has 1 saturated carbocycles. The molecule has 1 aromatic heterocycles. The standard InChI is InChI=1S/C22H20F2N2O2/c23-15-7-8-16(17(24)12-15)14-6-9-20-18(11-14)25-21(28-20)19-5-2-10-26(19)22(27)13-3-1-4-13/h6-9,11-13,19H,1-5,10H2/t19-/m0/s1. The first-order chi connectivity index (χ1) is 13.6. The Morgan fingerprint density at radius 1 is 1.07 bits per heavy atom. The summed E-state index contributed by atoms with van der Waals surface area (Å²) in [6.45, 7) is 0.741. The van der Waals surface area contributed by atoms with E-state index in [1.807, 2.05) is 4.90 Å². The minimum atomic E-state index is -0.615. The van der Waals surface area contributed by atoms with E-state index < -0.39 is 11.6 Å². The first-order valence-corrected chi connectivity index (χ1v) is 9.76. The number of benzene rings is 2. The molecule has 0 N–H and O–H groups in total. The van der Waals surface area contributed by atoms with Crippen LogP contribution < -0.4 is 0 Å². The van der Waals surface area contributed by atoms with Crippen molar-refractivity contribution in [2.24, 2.45) is 5.92 Å². The highest BCUT2D eigenvalue weighted by molar-refractivity contribution is 5.82. The van der Waals surface area contributed by atoms with Crippen molar-refractivity contribution < 1.29 is 18.0 Å². The van der Waals surface area contributed by atoms with Crippen molar-refractivity contribution in [1.82, 2.24) is 9.88 Å². The SMILES string of the molecule is O=C(C1CCC1)N1CCC[C@H]1c1nc2cc(-c3ccc(F)cc3F)ccc2o1. The summed E-state index contributed by atoms with van der Waals surface area (Å²) in [6, 6.07) is 8.62. The van der Waals surface area contributed by atoms with Crippen molar-refractivity contribution in [3.05, 3.63) is 53.9 Å². The Morgan fingerprint density at radius 3 is 2.68 bits per heavy atom. The summed E-state index contributed by atoms with van der Waals surface area (Å²) in [7, 11) is 0. The molecule has 144 valence electrons. The summed E-state index contributed by atoms with van der Waals surface area (Å²) in [5, 5.41) is 0. The predicted octanol–water partition coefficient (Wildman–Crippen LogP) is 5.24. The summed E-state index contributed by atoms with van der Waals surface area (Å²) in [5.41, 5.74) is 2.14. The van der Waals surface area contributed by atoms with Crippen LogP contribution in [0.3, 0.4) is 0 Å². The van der Waals surface area contributed by atoms with Crippen molar-refractivity contribution in [2.45, 2.75) is 38.1 Å². The molecule has 2 aromatic carbocycles. The molecule has 0 unspecified atom stereocenters. The van der Waals surface area contributed by atoms with Gasteiger partial charge in [-0.05, 0) is 55.5 Å². The second-order valence-electron chi connectivity index (χ2n) is 7.68. The second-order valence-corrected chi connectivity index (χ2v) is 7.68. The fraction of sp³-hybridized carbons (Fsp3) is 0.364. The molecule has 5 rings (SSSR count). The molecular weight excluding hydrogens is 362 g/mol. The van der Waals surface area contributed by atoms with Crippen LogP contribution >= 0.6 is 0 Å². The molecule has 2 fully saturated rings. The molecule has 0 bridgehead atoms. The van der Waals surface area contributed by atoms with Gasteiger partial charge in [0.1, 0.15) is 23.2 Å². The normalized spacial score (nSPS) is 19.9. The van der Waals surface area contributed by atoms with Gasteiger partial charge in [0.25, 0.3) is 0 Å². The van der Waals surface area contributed by atoms with Crippen molar-refractivity contribution in [2.75, 3.05) is 6.54 Å². The Labute approximate surface area is 161 Å².